The van der Waals surface area contributed by atoms with E-state index in [1.165, 1.54) is 44.3 Å². The molecule has 71 heavy (non-hydrogen) atoms. The van der Waals surface area contributed by atoms with E-state index in [0.29, 0.717) is 0 Å². The second-order valence-electron chi connectivity index (χ2n) is 13.2. The fraction of sp³-hybridized carbons (Fsp3) is 0.108. The van der Waals surface area contributed by atoms with Gasteiger partial charge >= 0.3 is 23.9 Å². The number of carbonyl (C=O) groups is 4. The van der Waals surface area contributed by atoms with Crippen molar-refractivity contribution in [2.24, 2.45) is 0 Å². The van der Waals surface area contributed by atoms with Gasteiger partial charge in [0.05, 0.1) is 87.0 Å². The summed E-state index contributed by atoms with van der Waals surface area (Å²) < 4.78 is 56.5. The summed E-state index contributed by atoms with van der Waals surface area (Å²) in [6.07, 6.45) is 15.2. The highest BCUT2D eigenvalue weighted by atomic mass is 35.5. The average molecular weight is 1070 g/mol. The summed E-state index contributed by atoms with van der Waals surface area (Å²) in [5, 5.41) is 57.3. The molecule has 0 aromatic carbocycles. The molecule has 4 N–H and O–H groups in total. The van der Waals surface area contributed by atoms with Crippen molar-refractivity contribution in [2.75, 3.05) is 7.11 Å². The van der Waals surface area contributed by atoms with Crippen LogP contribution in [-0.2, 0) is 4.74 Å². The van der Waals surface area contributed by atoms with Gasteiger partial charge in [0.25, 0.3) is 0 Å². The Morgan fingerprint density at radius 1 is 0.648 bits per heavy atom. The highest BCUT2D eigenvalue weighted by Gasteiger charge is 2.19. The first-order chi connectivity index (χ1) is 32.8. The molecule has 0 radical (unpaired) electrons. The molecule has 8 rings (SSSR count). The minimum Gasteiger partial charge on any atom is -0.478 e. The second kappa shape index (κ2) is 29.9. The quantitative estimate of drug-likeness (QED) is 0.0297. The molecule has 0 saturated heterocycles. The van der Waals surface area contributed by atoms with E-state index in [2.05, 4.69) is 95.2 Å². The Balaban J connectivity index is 0.000000438. The van der Waals surface area contributed by atoms with Gasteiger partial charge in [-0.25, -0.2) is 61.4 Å². The summed E-state index contributed by atoms with van der Waals surface area (Å²) in [5.74, 6) is -5.55. The van der Waals surface area contributed by atoms with Gasteiger partial charge in [0, 0.05) is 0 Å². The second-order valence-corrected chi connectivity index (χ2v) is 18.6. The molecule has 26 nitrogen and oxygen atoms in total. The number of nitrogens with zero attached hydrogens (tertiary/aromatic N) is 17. The van der Waals surface area contributed by atoms with E-state index in [4.69, 9.17) is 32.5 Å². The number of carboxylic acid groups (broad SMARTS) is 3. The van der Waals surface area contributed by atoms with Crippen LogP contribution in [0.1, 0.15) is 41.4 Å². The van der Waals surface area contributed by atoms with E-state index in [9.17, 15) is 36.7 Å². The number of halogens is 7. The molecule has 0 aliphatic heterocycles. The molecule has 0 aliphatic rings. The number of nitrogens with one attached hydrogen (secondary N) is 1. The maximum Gasteiger partial charge on any atom is 0.341 e. The Labute approximate surface area is 413 Å². The van der Waals surface area contributed by atoms with Gasteiger partial charge in [0.2, 0.25) is 5.84 Å². The lowest BCUT2D eigenvalue weighted by Crippen LogP contribution is -2.22. The van der Waals surface area contributed by atoms with Crippen molar-refractivity contribution < 1.29 is 61.6 Å². The van der Waals surface area contributed by atoms with Crippen LogP contribution in [0.15, 0.2) is 98.6 Å². The smallest absolute Gasteiger partial charge is 0.341 e. The third kappa shape index (κ3) is 20.2. The van der Waals surface area contributed by atoms with Gasteiger partial charge < -0.3 is 25.6 Å². The fourth-order valence-electron chi connectivity index (χ4n) is 4.26. The number of hydrogen-bond donors (Lipinski definition) is 4. The molecule has 0 fully saturated rings. The number of pyridine rings is 4. The van der Waals surface area contributed by atoms with Crippen LogP contribution in [0.25, 0.3) is 23.0 Å². The van der Waals surface area contributed by atoms with E-state index in [0.717, 1.165) is 63.3 Å². The number of H-pyrrole nitrogens is 1. The SMILES string of the molecule is COC(=O)c1cc(F)cnc1-n1nccn1.C[Si](C)(C)C=[N+]=[N-].Cl.Cl.O=C(O)c1cc(F)cnc1-n1ccnn1.O=C(O)c1cc(F)cnc1-n1nccn1.O=C(O)c1cc(F)cnc1Cl.c1cn[nH]n1. The summed E-state index contributed by atoms with van der Waals surface area (Å²) in [6.45, 7) is 6.31. The Morgan fingerprint density at radius 3 is 1.38 bits per heavy atom. The van der Waals surface area contributed by atoms with Crippen LogP contribution >= 0.6 is 36.4 Å². The van der Waals surface area contributed by atoms with Crippen LogP contribution in [0.5, 0.6) is 0 Å². The van der Waals surface area contributed by atoms with Crippen LogP contribution in [-0.4, -0.2) is 145 Å². The molecule has 8 aromatic heterocycles. The van der Waals surface area contributed by atoms with Crippen molar-refractivity contribution in [2.45, 2.75) is 19.6 Å². The average Bonchev–Trinajstić information content (AvgIpc) is 4.17. The minimum absolute atomic E-state index is 0. The maximum atomic E-state index is 13.0. The molecule has 8 aromatic rings. The molecular weight excluding hydrogens is 1030 g/mol. The van der Waals surface area contributed by atoms with Crippen LogP contribution in [0.2, 0.25) is 24.8 Å². The molecule has 0 spiro atoms. The van der Waals surface area contributed by atoms with Gasteiger partial charge in [0.15, 0.2) is 25.5 Å². The van der Waals surface area contributed by atoms with E-state index in [1.807, 2.05) is 0 Å². The van der Waals surface area contributed by atoms with Crippen molar-refractivity contribution in [3.8, 4) is 17.5 Å². The Hall–Kier alpha value is -8.77. The van der Waals surface area contributed by atoms with Crippen LogP contribution in [0, 0.1) is 23.3 Å². The van der Waals surface area contributed by atoms with Gasteiger partial charge in [-0.2, -0.15) is 40.6 Å². The van der Waals surface area contributed by atoms with E-state index in [-0.39, 0.29) is 69.7 Å². The number of aromatic carboxylic acids is 3. The summed E-state index contributed by atoms with van der Waals surface area (Å²) in [6, 6.07) is 3.59. The Bertz CT molecular complexity index is 2860. The van der Waals surface area contributed by atoms with Crippen molar-refractivity contribution in [3.63, 3.8) is 0 Å². The van der Waals surface area contributed by atoms with Gasteiger partial charge in [-0.1, -0.05) is 36.5 Å². The van der Waals surface area contributed by atoms with Crippen molar-refractivity contribution in [1.82, 2.24) is 80.3 Å². The van der Waals surface area contributed by atoms with E-state index >= 15 is 0 Å². The molecule has 0 unspecified atom stereocenters. The first-order valence-corrected chi connectivity index (χ1v) is 22.4. The molecule has 0 atom stereocenters. The molecule has 0 saturated carbocycles. The van der Waals surface area contributed by atoms with E-state index < -0.39 is 55.2 Å². The molecular formula is C37H35Cl3F4N18O8Si. The van der Waals surface area contributed by atoms with Crippen LogP contribution in [0.4, 0.5) is 17.6 Å². The number of carboxylic acids is 3. The first-order valence-electron chi connectivity index (χ1n) is 18.4. The molecule has 34 heteroatoms. The number of rotatable bonds is 8. The number of aromatic amines is 1. The number of hydrogen-bond acceptors (Lipinski definition) is 17. The largest absolute Gasteiger partial charge is 0.478 e. The van der Waals surface area contributed by atoms with Gasteiger partial charge in [0.1, 0.15) is 45.1 Å². The zero-order valence-electron chi connectivity index (χ0n) is 36.5. The van der Waals surface area contributed by atoms with Crippen LogP contribution in [0.3, 0.4) is 0 Å². The number of ether oxygens (including phenoxy) is 1. The minimum atomic E-state index is -1.29. The Kier molecular flexibility index (Phi) is 25.3. The summed E-state index contributed by atoms with van der Waals surface area (Å²) in [4.78, 5) is 62.7. The first kappa shape index (κ1) is 60.2. The Morgan fingerprint density at radius 2 is 1.04 bits per heavy atom. The zero-order valence-corrected chi connectivity index (χ0v) is 39.9. The predicted octanol–water partition coefficient (Wildman–Crippen LogP) is 4.97. The standard InChI is InChI=1S/C9H7FN4O2.2C8H5FN4O2.C6H3ClFNO2.C4H10N2Si.C2H3N3.2ClH/c1-16-9(15)7-4-6(10)5-11-8(7)14-12-2-3-13-14;9-5-3-6(8(14)15)7(10-4-5)13-2-1-11-12-13;9-5-3-6(8(14)15)7(10-4-5)13-11-1-2-12-13;7-5-4(6(10)11)1-3(8)2-9-5;1-7(2,3)4-6-5;1-2-4-5-3-1;;/h2-5H,1H3;2*1-4H,(H,14,15);1-2H,(H,10,11);4H,1-3H3;1-2H,(H,3,4,5);2*1H. The number of methoxy groups -OCH3 is 1. The molecule has 8 heterocycles. The van der Waals surface area contributed by atoms with Gasteiger partial charge in [-0.05, 0) is 24.3 Å². The summed E-state index contributed by atoms with van der Waals surface area (Å²) >= 11 is 5.33. The molecule has 0 bridgehead atoms. The topological polar surface area (TPSA) is 360 Å². The highest BCUT2D eigenvalue weighted by molar-refractivity contribution is 6.98. The lowest BCUT2D eigenvalue weighted by Gasteiger charge is -2.05. The van der Waals surface area contributed by atoms with Crippen molar-refractivity contribution in [3.05, 3.63) is 155 Å². The maximum absolute atomic E-state index is 13.0. The summed E-state index contributed by atoms with van der Waals surface area (Å²) in [7, 11) is 0.00304. The van der Waals surface area contributed by atoms with Gasteiger partial charge in [-0.15, -0.1) is 39.5 Å². The van der Waals surface area contributed by atoms with Crippen molar-refractivity contribution >= 4 is 74.2 Å². The van der Waals surface area contributed by atoms with Crippen LogP contribution < -0.4 is 0 Å². The third-order valence-corrected chi connectivity index (χ3v) is 8.23. The van der Waals surface area contributed by atoms with E-state index in [1.54, 1.807) is 18.2 Å². The normalized spacial score (nSPS) is 9.65. The third-order valence-electron chi connectivity index (χ3n) is 7.03. The van der Waals surface area contributed by atoms with Gasteiger partial charge in [-0.3, -0.25) is 0 Å². The highest BCUT2D eigenvalue weighted by Crippen LogP contribution is 2.15. The monoisotopic (exact) mass is 1070 g/mol. The molecule has 0 aliphatic carbocycles. The molecule has 0 amide bonds. The lowest BCUT2D eigenvalue weighted by atomic mass is 10.2. The number of aromatic nitrogens is 16. The van der Waals surface area contributed by atoms with Crippen molar-refractivity contribution in [1.29, 1.82) is 0 Å². The molecule has 374 valence electrons. The number of carbonyl (C=O) groups excluding carboxylic acids is 1. The predicted molar refractivity (Wildman–Crippen MR) is 243 cm³/mol. The fourth-order valence-corrected chi connectivity index (χ4v) is 4.79. The zero-order chi connectivity index (χ0) is 51.1. The number of esters is 1. The lowest BCUT2D eigenvalue weighted by molar-refractivity contribution is 0.00677. The summed E-state index contributed by atoms with van der Waals surface area (Å²) in [5.41, 5.74) is 7.10.